The van der Waals surface area contributed by atoms with Gasteiger partial charge in [-0.1, -0.05) is 84.7 Å². The van der Waals surface area contributed by atoms with E-state index in [1.54, 1.807) is 4.90 Å². The predicted molar refractivity (Wildman–Crippen MR) is 148 cm³/mol. The van der Waals surface area contributed by atoms with E-state index in [1.165, 1.54) is 5.56 Å². The molecule has 0 bridgehead atoms. The Balaban J connectivity index is 1.56. The Bertz CT molecular complexity index is 1190. The number of ether oxygens (including phenoxy) is 1. The summed E-state index contributed by atoms with van der Waals surface area (Å²) in [5.41, 5.74) is 5.57. The van der Waals surface area contributed by atoms with Gasteiger partial charge in [-0.25, -0.2) is 4.79 Å². The quantitative estimate of drug-likeness (QED) is 0.335. The number of hydrogen-bond donors (Lipinski definition) is 1. The molecule has 0 spiro atoms. The van der Waals surface area contributed by atoms with Gasteiger partial charge in [-0.15, -0.1) is 0 Å². The van der Waals surface area contributed by atoms with Crippen molar-refractivity contribution in [1.29, 1.82) is 0 Å². The first-order valence-corrected chi connectivity index (χ1v) is 13.2. The molecule has 1 aliphatic heterocycles. The van der Waals surface area contributed by atoms with E-state index in [2.05, 4.69) is 72.3 Å². The molecular weight excluding hydrogens is 524 g/mol. The Labute approximate surface area is 221 Å². The second-order valence-electron chi connectivity index (χ2n) is 10.1. The summed E-state index contributed by atoms with van der Waals surface area (Å²) in [5, 5.41) is 4.10. The lowest BCUT2D eigenvalue weighted by Gasteiger charge is -2.26. The van der Waals surface area contributed by atoms with Crippen molar-refractivity contribution in [3.8, 4) is 5.75 Å². The van der Waals surface area contributed by atoms with Gasteiger partial charge in [0.25, 0.3) is 0 Å². The molecule has 6 heteroatoms. The van der Waals surface area contributed by atoms with Crippen LogP contribution in [0.25, 0.3) is 0 Å². The van der Waals surface area contributed by atoms with Gasteiger partial charge in [-0.05, 0) is 71.2 Å². The summed E-state index contributed by atoms with van der Waals surface area (Å²) in [4.78, 5) is 15.2. The third kappa shape index (κ3) is 6.80. The number of halogens is 2. The molecule has 1 aliphatic rings. The molecule has 0 radical (unpaired) electrons. The average Bonchev–Trinajstić information content (AvgIpc) is 2.81. The van der Waals surface area contributed by atoms with Crippen LogP contribution in [0.2, 0.25) is 5.02 Å². The fraction of sp³-hybridized carbons (Fsp3) is 0.345. The summed E-state index contributed by atoms with van der Waals surface area (Å²) in [6, 6.07) is 20.2. The smallest absolute Gasteiger partial charge is 0.408 e. The molecule has 3 aromatic carbocycles. The van der Waals surface area contributed by atoms with Crippen LogP contribution in [0.5, 0.6) is 5.75 Å². The SMILES string of the molecule is CC(C)(C)c1ccc(CN(CCc2cccc(Cl)c2)C(=O)Oc2cc(Br)cc3c2NCCC3)cc1. The van der Waals surface area contributed by atoms with Gasteiger partial charge in [0.1, 0.15) is 0 Å². The maximum absolute atomic E-state index is 13.5. The Morgan fingerprint density at radius 2 is 1.86 bits per heavy atom. The average molecular weight is 556 g/mol. The van der Waals surface area contributed by atoms with Gasteiger partial charge in [0.05, 0.1) is 5.69 Å². The number of hydrogen-bond acceptors (Lipinski definition) is 3. The summed E-state index contributed by atoms with van der Waals surface area (Å²) in [6.45, 7) is 8.45. The lowest BCUT2D eigenvalue weighted by atomic mass is 9.87. The fourth-order valence-electron chi connectivity index (χ4n) is 4.29. The minimum atomic E-state index is -0.361. The maximum Gasteiger partial charge on any atom is 0.415 e. The van der Waals surface area contributed by atoms with Crippen LogP contribution in [-0.4, -0.2) is 24.1 Å². The predicted octanol–water partition coefficient (Wildman–Crippen LogP) is 8.00. The number of carbonyl (C=O) groups is 1. The van der Waals surface area contributed by atoms with E-state index in [4.69, 9.17) is 16.3 Å². The molecule has 1 heterocycles. The zero-order chi connectivity index (χ0) is 25.0. The van der Waals surface area contributed by atoms with Gasteiger partial charge in [-0.2, -0.15) is 0 Å². The van der Waals surface area contributed by atoms with Crippen molar-refractivity contribution in [3.05, 3.63) is 92.4 Å². The molecule has 0 unspecified atom stereocenters. The van der Waals surface area contributed by atoms with E-state index in [9.17, 15) is 4.79 Å². The summed E-state index contributed by atoms with van der Waals surface area (Å²) >= 11 is 9.74. The fourth-order valence-corrected chi connectivity index (χ4v) is 4.98. The van der Waals surface area contributed by atoms with E-state index in [0.29, 0.717) is 30.3 Å². The van der Waals surface area contributed by atoms with Gasteiger partial charge in [0.2, 0.25) is 0 Å². The molecule has 0 atom stereocenters. The second-order valence-corrected chi connectivity index (χ2v) is 11.4. The van der Waals surface area contributed by atoms with Gasteiger partial charge in [0.15, 0.2) is 5.75 Å². The van der Waals surface area contributed by atoms with Crippen LogP contribution >= 0.6 is 27.5 Å². The molecule has 3 aromatic rings. The summed E-state index contributed by atoms with van der Waals surface area (Å²) in [7, 11) is 0. The normalized spacial score (nSPS) is 13.1. The number of fused-ring (bicyclic) bond motifs is 1. The zero-order valence-electron chi connectivity index (χ0n) is 20.5. The van der Waals surface area contributed by atoms with Crippen molar-refractivity contribution in [3.63, 3.8) is 0 Å². The second kappa shape index (κ2) is 11.0. The Morgan fingerprint density at radius 1 is 1.09 bits per heavy atom. The first-order chi connectivity index (χ1) is 16.7. The lowest BCUT2D eigenvalue weighted by molar-refractivity contribution is 0.150. The first-order valence-electron chi connectivity index (χ1n) is 12.1. The summed E-state index contributed by atoms with van der Waals surface area (Å²) in [5.74, 6) is 0.565. The van der Waals surface area contributed by atoms with E-state index < -0.39 is 0 Å². The Morgan fingerprint density at radius 3 is 2.57 bits per heavy atom. The van der Waals surface area contributed by atoms with Crippen LogP contribution in [0.1, 0.15) is 49.4 Å². The summed E-state index contributed by atoms with van der Waals surface area (Å²) in [6.07, 6.45) is 2.35. The van der Waals surface area contributed by atoms with Crippen LogP contribution in [0.4, 0.5) is 10.5 Å². The van der Waals surface area contributed by atoms with Crippen LogP contribution in [-0.2, 0) is 24.8 Å². The van der Waals surface area contributed by atoms with Gasteiger partial charge >= 0.3 is 6.09 Å². The largest absolute Gasteiger partial charge is 0.415 e. The van der Waals surface area contributed by atoms with E-state index in [0.717, 1.165) is 46.2 Å². The number of carbonyl (C=O) groups excluding carboxylic acids is 1. The topological polar surface area (TPSA) is 41.6 Å². The molecule has 0 aliphatic carbocycles. The number of anilines is 1. The number of benzene rings is 3. The molecule has 1 N–H and O–H groups in total. The molecule has 0 fully saturated rings. The van der Waals surface area contributed by atoms with Crippen LogP contribution in [0, 0.1) is 0 Å². The highest BCUT2D eigenvalue weighted by Gasteiger charge is 2.22. The van der Waals surface area contributed by atoms with Crippen molar-refractivity contribution in [2.45, 2.75) is 52.0 Å². The zero-order valence-corrected chi connectivity index (χ0v) is 22.9. The van der Waals surface area contributed by atoms with Crippen LogP contribution in [0.3, 0.4) is 0 Å². The maximum atomic E-state index is 13.5. The number of aryl methyl sites for hydroxylation is 1. The third-order valence-corrected chi connectivity index (χ3v) is 6.97. The highest BCUT2D eigenvalue weighted by molar-refractivity contribution is 9.10. The van der Waals surface area contributed by atoms with Crippen LogP contribution in [0.15, 0.2) is 65.1 Å². The van der Waals surface area contributed by atoms with E-state index in [1.807, 2.05) is 30.3 Å². The van der Waals surface area contributed by atoms with Gasteiger partial charge in [0, 0.05) is 29.1 Å². The van der Waals surface area contributed by atoms with E-state index >= 15 is 0 Å². The standard InChI is InChI=1S/C29H32BrClN2O2/c1-29(2,3)23-11-9-21(10-12-23)19-33(15-13-20-6-4-8-25(31)16-20)28(34)35-26-18-24(30)17-22-7-5-14-32-27(22)26/h4,6,8-12,16-18,32H,5,7,13-15,19H2,1-3H3. The minimum absolute atomic E-state index is 0.0799. The number of nitrogens with one attached hydrogen (secondary N) is 1. The number of rotatable bonds is 6. The minimum Gasteiger partial charge on any atom is -0.408 e. The van der Waals surface area contributed by atoms with Gasteiger partial charge < -0.3 is 15.0 Å². The van der Waals surface area contributed by atoms with Crippen LogP contribution < -0.4 is 10.1 Å². The Hall–Kier alpha value is -2.50. The van der Waals surface area contributed by atoms with Crippen molar-refractivity contribution in [2.75, 3.05) is 18.4 Å². The molecule has 0 saturated carbocycles. The lowest BCUT2D eigenvalue weighted by Crippen LogP contribution is -2.35. The highest BCUT2D eigenvalue weighted by Crippen LogP contribution is 2.36. The van der Waals surface area contributed by atoms with Crippen molar-refractivity contribution >= 4 is 39.3 Å². The highest BCUT2D eigenvalue weighted by atomic mass is 79.9. The van der Waals surface area contributed by atoms with Crippen molar-refractivity contribution in [2.24, 2.45) is 0 Å². The molecule has 184 valence electrons. The molecule has 35 heavy (non-hydrogen) atoms. The van der Waals surface area contributed by atoms with Gasteiger partial charge in [-0.3, -0.25) is 0 Å². The molecule has 0 saturated heterocycles. The Kier molecular flexibility index (Phi) is 8.08. The molecular formula is C29H32BrClN2O2. The van der Waals surface area contributed by atoms with Crippen molar-refractivity contribution in [1.82, 2.24) is 4.90 Å². The molecule has 4 nitrogen and oxygen atoms in total. The summed E-state index contributed by atoms with van der Waals surface area (Å²) < 4.78 is 6.89. The number of amides is 1. The third-order valence-electron chi connectivity index (χ3n) is 6.28. The molecule has 4 rings (SSSR count). The van der Waals surface area contributed by atoms with E-state index in [-0.39, 0.29) is 11.5 Å². The molecule has 0 aromatic heterocycles. The number of nitrogens with zero attached hydrogens (tertiary/aromatic N) is 1. The monoisotopic (exact) mass is 554 g/mol. The molecule has 1 amide bonds. The van der Waals surface area contributed by atoms with Crippen molar-refractivity contribution < 1.29 is 9.53 Å². The first kappa shape index (κ1) is 25.6.